The van der Waals surface area contributed by atoms with Gasteiger partial charge in [0.2, 0.25) is 5.91 Å². The molecule has 0 aliphatic heterocycles. The third kappa shape index (κ3) is 6.33. The number of aromatic carboxylic acids is 1. The summed E-state index contributed by atoms with van der Waals surface area (Å²) in [6, 6.07) is 16.8. The Balaban J connectivity index is 1.65. The molecule has 0 spiro atoms. The second-order valence-electron chi connectivity index (χ2n) is 7.60. The zero-order valence-corrected chi connectivity index (χ0v) is 20.6. The number of carboxylic acids is 1. The van der Waals surface area contributed by atoms with Crippen LogP contribution in [0.2, 0.25) is 0 Å². The summed E-state index contributed by atoms with van der Waals surface area (Å²) in [5.74, 6) is -0.872. The SMILES string of the molecule is COc1cccc(OC)c1C(=O)Nc1ccc(SC(C)C(=O)Nc2cc(C(=O)O)ccc2C)cc1. The number of aryl methyl sites for hydroxylation is 1. The number of nitrogens with one attached hydrogen (secondary N) is 2. The fraction of sp³-hybridized carbons (Fsp3) is 0.192. The van der Waals surface area contributed by atoms with Crippen LogP contribution >= 0.6 is 11.8 Å². The Hall–Kier alpha value is -3.98. The van der Waals surface area contributed by atoms with E-state index in [2.05, 4.69) is 10.6 Å². The Morgan fingerprint density at radius 3 is 2.11 bits per heavy atom. The van der Waals surface area contributed by atoms with Crippen molar-refractivity contribution in [2.45, 2.75) is 24.0 Å². The monoisotopic (exact) mass is 494 g/mol. The Labute approximate surface area is 207 Å². The number of amides is 2. The fourth-order valence-electron chi connectivity index (χ4n) is 3.27. The normalized spacial score (nSPS) is 11.3. The van der Waals surface area contributed by atoms with Crippen molar-refractivity contribution in [2.24, 2.45) is 0 Å². The van der Waals surface area contributed by atoms with Crippen molar-refractivity contribution < 1.29 is 29.0 Å². The minimum absolute atomic E-state index is 0.106. The van der Waals surface area contributed by atoms with Gasteiger partial charge in [0.25, 0.3) is 5.91 Å². The lowest BCUT2D eigenvalue weighted by molar-refractivity contribution is -0.115. The fourth-order valence-corrected chi connectivity index (χ4v) is 4.13. The van der Waals surface area contributed by atoms with Crippen LogP contribution < -0.4 is 20.1 Å². The van der Waals surface area contributed by atoms with E-state index < -0.39 is 11.2 Å². The van der Waals surface area contributed by atoms with Crippen molar-refractivity contribution >= 4 is 40.9 Å². The summed E-state index contributed by atoms with van der Waals surface area (Å²) in [6.07, 6.45) is 0. The molecule has 0 bridgehead atoms. The zero-order chi connectivity index (χ0) is 25.5. The van der Waals surface area contributed by atoms with Gasteiger partial charge in [-0.25, -0.2) is 4.79 Å². The second-order valence-corrected chi connectivity index (χ2v) is 9.01. The number of anilines is 2. The Kier molecular flexibility index (Phi) is 8.38. The molecule has 0 heterocycles. The van der Waals surface area contributed by atoms with Crippen LogP contribution in [-0.4, -0.2) is 42.4 Å². The number of hydrogen-bond acceptors (Lipinski definition) is 6. The molecule has 8 nitrogen and oxygen atoms in total. The van der Waals surface area contributed by atoms with Gasteiger partial charge in [-0.1, -0.05) is 12.1 Å². The average molecular weight is 495 g/mol. The number of carboxylic acid groups (broad SMARTS) is 1. The highest BCUT2D eigenvalue weighted by atomic mass is 32.2. The predicted octanol–water partition coefficient (Wildman–Crippen LogP) is 5.08. The van der Waals surface area contributed by atoms with Gasteiger partial charge in [0.1, 0.15) is 17.1 Å². The Bertz CT molecular complexity index is 1220. The van der Waals surface area contributed by atoms with Gasteiger partial charge in [-0.2, -0.15) is 0 Å². The van der Waals surface area contributed by atoms with Crippen LogP contribution in [0.15, 0.2) is 65.6 Å². The van der Waals surface area contributed by atoms with Crippen molar-refractivity contribution in [3.63, 3.8) is 0 Å². The van der Waals surface area contributed by atoms with E-state index in [4.69, 9.17) is 9.47 Å². The van der Waals surface area contributed by atoms with Crippen LogP contribution in [0, 0.1) is 6.92 Å². The number of methoxy groups -OCH3 is 2. The zero-order valence-electron chi connectivity index (χ0n) is 19.7. The summed E-state index contributed by atoms with van der Waals surface area (Å²) < 4.78 is 10.6. The molecule has 3 aromatic carbocycles. The van der Waals surface area contributed by atoms with E-state index in [9.17, 15) is 19.5 Å². The Morgan fingerprint density at radius 1 is 0.914 bits per heavy atom. The number of benzene rings is 3. The standard InChI is InChI=1S/C26H26N2O6S/c1-15-8-9-17(26(31)32)14-20(15)28-24(29)16(2)35-19-12-10-18(11-13-19)27-25(30)23-21(33-3)6-5-7-22(23)34-4/h5-14,16H,1-4H3,(H,27,30)(H,28,29)(H,31,32). The molecular weight excluding hydrogens is 468 g/mol. The summed E-state index contributed by atoms with van der Waals surface area (Å²) >= 11 is 1.34. The van der Waals surface area contributed by atoms with E-state index in [1.54, 1.807) is 62.4 Å². The average Bonchev–Trinajstić information content (AvgIpc) is 2.85. The molecule has 0 fully saturated rings. The van der Waals surface area contributed by atoms with Crippen LogP contribution in [0.3, 0.4) is 0 Å². The summed E-state index contributed by atoms with van der Waals surface area (Å²) in [7, 11) is 2.97. The maximum absolute atomic E-state index is 12.8. The van der Waals surface area contributed by atoms with Crippen molar-refractivity contribution in [1.29, 1.82) is 0 Å². The van der Waals surface area contributed by atoms with Gasteiger partial charge in [-0.3, -0.25) is 9.59 Å². The highest BCUT2D eigenvalue weighted by molar-refractivity contribution is 8.00. The van der Waals surface area contributed by atoms with E-state index in [0.29, 0.717) is 28.4 Å². The Morgan fingerprint density at radius 2 is 1.54 bits per heavy atom. The first-order valence-corrected chi connectivity index (χ1v) is 11.5. The summed E-state index contributed by atoms with van der Waals surface area (Å²) in [5.41, 5.74) is 2.21. The molecule has 1 unspecified atom stereocenters. The van der Waals surface area contributed by atoms with E-state index in [1.165, 1.54) is 38.1 Å². The van der Waals surface area contributed by atoms with Gasteiger partial charge < -0.3 is 25.2 Å². The minimum atomic E-state index is -1.06. The largest absolute Gasteiger partial charge is 0.496 e. The number of hydrogen-bond donors (Lipinski definition) is 3. The minimum Gasteiger partial charge on any atom is -0.496 e. The summed E-state index contributed by atoms with van der Waals surface area (Å²) in [4.78, 5) is 37.5. The smallest absolute Gasteiger partial charge is 0.335 e. The van der Waals surface area contributed by atoms with Crippen molar-refractivity contribution in [1.82, 2.24) is 0 Å². The molecule has 182 valence electrons. The van der Waals surface area contributed by atoms with Crippen molar-refractivity contribution in [3.05, 3.63) is 77.4 Å². The number of carbonyl (C=O) groups excluding carboxylic acids is 2. The molecule has 9 heteroatoms. The first-order chi connectivity index (χ1) is 16.7. The molecule has 3 aromatic rings. The molecule has 3 rings (SSSR count). The molecule has 0 radical (unpaired) electrons. The van der Waals surface area contributed by atoms with Crippen LogP contribution in [0.25, 0.3) is 0 Å². The van der Waals surface area contributed by atoms with Gasteiger partial charge in [-0.05, 0) is 67.9 Å². The molecule has 0 aromatic heterocycles. The van der Waals surface area contributed by atoms with E-state index in [0.717, 1.165) is 10.5 Å². The molecule has 0 saturated heterocycles. The van der Waals surface area contributed by atoms with Gasteiger partial charge >= 0.3 is 5.97 Å². The summed E-state index contributed by atoms with van der Waals surface area (Å²) in [5, 5.41) is 14.4. The lowest BCUT2D eigenvalue weighted by Crippen LogP contribution is -2.23. The van der Waals surface area contributed by atoms with E-state index >= 15 is 0 Å². The number of rotatable bonds is 9. The first-order valence-electron chi connectivity index (χ1n) is 10.7. The highest BCUT2D eigenvalue weighted by Crippen LogP contribution is 2.30. The number of carbonyl (C=O) groups is 3. The second kappa shape index (κ2) is 11.4. The van der Waals surface area contributed by atoms with Gasteiger partial charge in [0.15, 0.2) is 0 Å². The highest BCUT2D eigenvalue weighted by Gasteiger charge is 2.19. The van der Waals surface area contributed by atoms with Gasteiger partial charge in [-0.15, -0.1) is 11.8 Å². The van der Waals surface area contributed by atoms with Crippen molar-refractivity contribution in [3.8, 4) is 11.5 Å². The van der Waals surface area contributed by atoms with Crippen LogP contribution in [0.5, 0.6) is 11.5 Å². The third-order valence-corrected chi connectivity index (χ3v) is 6.30. The summed E-state index contributed by atoms with van der Waals surface area (Å²) in [6.45, 7) is 3.56. The number of ether oxygens (including phenoxy) is 2. The van der Waals surface area contributed by atoms with Gasteiger partial charge in [0, 0.05) is 16.3 Å². The first kappa shape index (κ1) is 25.6. The maximum Gasteiger partial charge on any atom is 0.335 e. The topological polar surface area (TPSA) is 114 Å². The molecule has 0 aliphatic carbocycles. The van der Waals surface area contributed by atoms with Crippen LogP contribution in [-0.2, 0) is 4.79 Å². The molecule has 35 heavy (non-hydrogen) atoms. The molecule has 2 amide bonds. The van der Waals surface area contributed by atoms with Crippen LogP contribution in [0.1, 0.15) is 33.2 Å². The van der Waals surface area contributed by atoms with E-state index in [-0.39, 0.29) is 17.4 Å². The van der Waals surface area contributed by atoms with Crippen molar-refractivity contribution in [2.75, 3.05) is 24.9 Å². The quantitative estimate of drug-likeness (QED) is 0.355. The molecule has 0 saturated carbocycles. The predicted molar refractivity (Wildman–Crippen MR) is 136 cm³/mol. The van der Waals surface area contributed by atoms with Gasteiger partial charge in [0.05, 0.1) is 25.0 Å². The molecule has 3 N–H and O–H groups in total. The lowest BCUT2D eigenvalue weighted by atomic mass is 10.1. The molecule has 1 atom stereocenters. The molecular formula is C26H26N2O6S. The third-order valence-electron chi connectivity index (χ3n) is 5.19. The van der Waals surface area contributed by atoms with E-state index in [1.807, 2.05) is 0 Å². The van der Waals surface area contributed by atoms with Crippen LogP contribution in [0.4, 0.5) is 11.4 Å². The number of thioether (sulfide) groups is 1. The lowest BCUT2D eigenvalue weighted by Gasteiger charge is -2.15. The maximum atomic E-state index is 12.8. The molecule has 0 aliphatic rings.